The molecule has 1 aromatic heterocycles. The van der Waals surface area contributed by atoms with E-state index >= 15 is 0 Å². The number of nitrogens with one attached hydrogen (secondary N) is 1. The van der Waals surface area contributed by atoms with Gasteiger partial charge in [0.25, 0.3) is 5.91 Å². The van der Waals surface area contributed by atoms with Gasteiger partial charge in [0, 0.05) is 0 Å². The van der Waals surface area contributed by atoms with Gasteiger partial charge in [0.15, 0.2) is 5.76 Å². The molecule has 0 saturated heterocycles. The summed E-state index contributed by atoms with van der Waals surface area (Å²) >= 11 is 0. The molecule has 5 nitrogen and oxygen atoms in total. The van der Waals surface area contributed by atoms with Crippen LogP contribution < -0.4 is 14.8 Å². The number of ether oxygens (including phenoxy) is 2. The van der Waals surface area contributed by atoms with Crippen LogP contribution in [0.4, 0.5) is 18.9 Å². The maximum atomic E-state index is 13.0. The fraction of sp³-hybridized carbons (Fsp3) is 0.150. The van der Waals surface area contributed by atoms with Gasteiger partial charge in [0.05, 0.1) is 18.4 Å². The van der Waals surface area contributed by atoms with Crippen molar-refractivity contribution >= 4 is 11.6 Å². The third kappa shape index (κ3) is 4.64. The zero-order valence-electron chi connectivity index (χ0n) is 14.7. The van der Waals surface area contributed by atoms with Crippen molar-refractivity contribution in [3.05, 3.63) is 77.7 Å². The third-order valence-corrected chi connectivity index (χ3v) is 3.81. The number of benzene rings is 2. The lowest BCUT2D eigenvalue weighted by Crippen LogP contribution is -2.16. The highest BCUT2D eigenvalue weighted by Gasteiger charge is 2.33. The monoisotopic (exact) mass is 391 g/mol. The van der Waals surface area contributed by atoms with Gasteiger partial charge in [-0.15, -0.1) is 0 Å². The van der Waals surface area contributed by atoms with Crippen LogP contribution in [0.25, 0.3) is 0 Å². The first-order valence-electron chi connectivity index (χ1n) is 8.20. The Morgan fingerprint density at radius 2 is 1.68 bits per heavy atom. The van der Waals surface area contributed by atoms with E-state index in [0.717, 1.165) is 6.07 Å². The van der Waals surface area contributed by atoms with E-state index in [0.29, 0.717) is 17.3 Å². The van der Waals surface area contributed by atoms with Gasteiger partial charge in [-0.1, -0.05) is 12.1 Å². The first-order chi connectivity index (χ1) is 13.4. The number of hydrogen-bond acceptors (Lipinski definition) is 4. The van der Waals surface area contributed by atoms with Crippen LogP contribution in [-0.4, -0.2) is 13.0 Å². The summed E-state index contributed by atoms with van der Waals surface area (Å²) in [6.45, 7) is 0.0543. The van der Waals surface area contributed by atoms with Gasteiger partial charge in [0.2, 0.25) is 0 Å². The van der Waals surface area contributed by atoms with Crippen molar-refractivity contribution in [3.63, 3.8) is 0 Å². The Morgan fingerprint density at radius 3 is 2.36 bits per heavy atom. The molecule has 1 heterocycles. The molecular formula is C20H16F3NO4. The second-order valence-electron chi connectivity index (χ2n) is 5.73. The van der Waals surface area contributed by atoms with Gasteiger partial charge in [-0.05, 0) is 48.5 Å². The van der Waals surface area contributed by atoms with Crippen LogP contribution in [0.2, 0.25) is 0 Å². The Balaban J connectivity index is 1.64. The molecule has 0 bridgehead atoms. The molecule has 0 aliphatic carbocycles. The van der Waals surface area contributed by atoms with Gasteiger partial charge in [-0.2, -0.15) is 13.2 Å². The molecule has 3 aromatic rings. The zero-order valence-corrected chi connectivity index (χ0v) is 14.7. The predicted molar refractivity (Wildman–Crippen MR) is 95.4 cm³/mol. The van der Waals surface area contributed by atoms with Crippen molar-refractivity contribution in [3.8, 4) is 11.5 Å². The van der Waals surface area contributed by atoms with E-state index in [9.17, 15) is 18.0 Å². The summed E-state index contributed by atoms with van der Waals surface area (Å²) in [6.07, 6.45) is -4.58. The number of anilines is 1. The number of alkyl halides is 3. The standard InChI is InChI=1S/C20H16F3NO4/c1-26-13-6-8-14(9-7-13)27-12-15-10-11-18(28-15)19(25)24-17-5-3-2-4-16(17)20(21,22)23/h2-11H,12H2,1H3,(H,24,25). The third-order valence-electron chi connectivity index (χ3n) is 3.81. The Bertz CT molecular complexity index is 949. The van der Waals surface area contributed by atoms with Gasteiger partial charge in [-0.3, -0.25) is 4.79 Å². The minimum atomic E-state index is -4.58. The quantitative estimate of drug-likeness (QED) is 0.632. The normalized spacial score (nSPS) is 11.1. The number of hydrogen-bond donors (Lipinski definition) is 1. The summed E-state index contributed by atoms with van der Waals surface area (Å²) in [5, 5.41) is 2.23. The van der Waals surface area contributed by atoms with Crippen molar-refractivity contribution in [2.75, 3.05) is 12.4 Å². The molecule has 1 amide bonds. The van der Waals surface area contributed by atoms with E-state index in [1.54, 1.807) is 31.4 Å². The molecule has 0 saturated carbocycles. The fourth-order valence-electron chi connectivity index (χ4n) is 2.43. The molecular weight excluding hydrogens is 375 g/mol. The Morgan fingerprint density at radius 1 is 1.00 bits per heavy atom. The second kappa shape index (κ2) is 8.08. The lowest BCUT2D eigenvalue weighted by molar-refractivity contribution is -0.136. The molecule has 28 heavy (non-hydrogen) atoms. The lowest BCUT2D eigenvalue weighted by atomic mass is 10.1. The number of carbonyl (C=O) groups is 1. The molecule has 0 aliphatic heterocycles. The van der Waals surface area contributed by atoms with Gasteiger partial charge < -0.3 is 19.2 Å². The molecule has 1 N–H and O–H groups in total. The molecule has 8 heteroatoms. The topological polar surface area (TPSA) is 60.7 Å². The van der Waals surface area contributed by atoms with Crippen LogP contribution in [0.1, 0.15) is 21.9 Å². The molecule has 0 atom stereocenters. The van der Waals surface area contributed by atoms with Crippen LogP contribution in [0.5, 0.6) is 11.5 Å². The molecule has 0 radical (unpaired) electrons. The fourth-order valence-corrected chi connectivity index (χ4v) is 2.43. The summed E-state index contributed by atoms with van der Waals surface area (Å²) < 4.78 is 55.0. The predicted octanol–water partition coefficient (Wildman–Crippen LogP) is 5.14. The molecule has 3 rings (SSSR count). The number of furan rings is 1. The van der Waals surface area contributed by atoms with E-state index in [1.165, 1.54) is 30.3 Å². The number of carbonyl (C=O) groups excluding carboxylic acids is 1. The molecule has 2 aromatic carbocycles. The molecule has 146 valence electrons. The molecule has 0 unspecified atom stereocenters. The van der Waals surface area contributed by atoms with Crippen LogP contribution in [0.3, 0.4) is 0 Å². The highest BCUT2D eigenvalue weighted by molar-refractivity contribution is 6.02. The number of rotatable bonds is 6. The summed E-state index contributed by atoms with van der Waals surface area (Å²) in [7, 11) is 1.55. The van der Waals surface area contributed by atoms with Crippen LogP contribution >= 0.6 is 0 Å². The first kappa shape index (κ1) is 19.3. The smallest absolute Gasteiger partial charge is 0.418 e. The largest absolute Gasteiger partial charge is 0.497 e. The van der Waals surface area contributed by atoms with E-state index in [2.05, 4.69) is 5.32 Å². The maximum absolute atomic E-state index is 13.0. The van der Waals surface area contributed by atoms with Gasteiger partial charge in [-0.25, -0.2) is 0 Å². The highest BCUT2D eigenvalue weighted by Crippen LogP contribution is 2.34. The van der Waals surface area contributed by atoms with Crippen molar-refractivity contribution < 1.29 is 31.9 Å². The molecule has 0 fully saturated rings. The number of halogens is 3. The average Bonchev–Trinajstić information content (AvgIpc) is 3.15. The van der Waals surface area contributed by atoms with Crippen molar-refractivity contribution in [1.29, 1.82) is 0 Å². The maximum Gasteiger partial charge on any atom is 0.418 e. The van der Waals surface area contributed by atoms with Gasteiger partial charge in [0.1, 0.15) is 23.9 Å². The van der Waals surface area contributed by atoms with Crippen molar-refractivity contribution in [2.45, 2.75) is 12.8 Å². The van der Waals surface area contributed by atoms with Crippen molar-refractivity contribution in [2.24, 2.45) is 0 Å². The average molecular weight is 391 g/mol. The summed E-state index contributed by atoms with van der Waals surface area (Å²) in [5.74, 6) is 0.702. The molecule has 0 spiro atoms. The number of methoxy groups -OCH3 is 1. The Hall–Kier alpha value is -3.42. The number of amides is 1. The van der Waals surface area contributed by atoms with E-state index < -0.39 is 17.6 Å². The Kier molecular flexibility index (Phi) is 5.58. The zero-order chi connectivity index (χ0) is 20.1. The van der Waals surface area contributed by atoms with Crippen molar-refractivity contribution in [1.82, 2.24) is 0 Å². The molecule has 0 aliphatic rings. The summed E-state index contributed by atoms with van der Waals surface area (Å²) in [6, 6.07) is 14.5. The van der Waals surface area contributed by atoms with E-state index in [4.69, 9.17) is 13.9 Å². The van der Waals surface area contributed by atoms with Crippen LogP contribution in [0, 0.1) is 0 Å². The van der Waals surface area contributed by atoms with E-state index in [1.807, 2.05) is 0 Å². The number of para-hydroxylation sites is 1. The SMILES string of the molecule is COc1ccc(OCc2ccc(C(=O)Nc3ccccc3C(F)(F)F)o2)cc1. The van der Waals surface area contributed by atoms with Gasteiger partial charge >= 0.3 is 6.18 Å². The lowest BCUT2D eigenvalue weighted by Gasteiger charge is -2.12. The van der Waals surface area contributed by atoms with Crippen LogP contribution in [-0.2, 0) is 12.8 Å². The second-order valence-corrected chi connectivity index (χ2v) is 5.73. The highest BCUT2D eigenvalue weighted by atomic mass is 19.4. The minimum absolute atomic E-state index is 0.0543. The minimum Gasteiger partial charge on any atom is -0.497 e. The summed E-state index contributed by atoms with van der Waals surface area (Å²) in [5.41, 5.74) is -1.27. The summed E-state index contributed by atoms with van der Waals surface area (Å²) in [4.78, 5) is 12.2. The first-order valence-corrected chi connectivity index (χ1v) is 8.20. The Labute approximate surface area is 158 Å². The van der Waals surface area contributed by atoms with E-state index in [-0.39, 0.29) is 18.1 Å². The van der Waals surface area contributed by atoms with Crippen LogP contribution in [0.15, 0.2) is 65.1 Å².